The molecule has 0 saturated carbocycles. The number of benzene rings is 1. The van der Waals surface area contributed by atoms with Gasteiger partial charge in [0, 0.05) is 32.0 Å². The zero-order chi connectivity index (χ0) is 17.4. The van der Waals surface area contributed by atoms with E-state index in [0.29, 0.717) is 38.2 Å². The third-order valence-corrected chi connectivity index (χ3v) is 4.79. The van der Waals surface area contributed by atoms with E-state index in [9.17, 15) is 9.59 Å². The molecule has 2 fully saturated rings. The minimum absolute atomic E-state index is 0.265. The molecule has 0 N–H and O–H groups in total. The molecule has 1 spiro atoms. The van der Waals surface area contributed by atoms with Gasteiger partial charge in [0.15, 0.2) is 11.4 Å². The Labute approximate surface area is 145 Å². The molecule has 7 heteroatoms. The second-order valence-corrected chi connectivity index (χ2v) is 6.55. The van der Waals surface area contributed by atoms with Gasteiger partial charge >= 0.3 is 6.09 Å². The minimum Gasteiger partial charge on any atom is -0.432 e. The molecular formula is C18H19N3O4. The summed E-state index contributed by atoms with van der Waals surface area (Å²) in [5, 5.41) is 3.89. The number of aromatic nitrogens is 1. The normalized spacial score (nSPS) is 20.3. The van der Waals surface area contributed by atoms with Gasteiger partial charge in [-0.2, -0.15) is 0 Å². The van der Waals surface area contributed by atoms with E-state index in [-0.39, 0.29) is 5.91 Å². The lowest BCUT2D eigenvalue weighted by atomic mass is 9.90. The van der Waals surface area contributed by atoms with E-state index in [1.54, 1.807) is 24.3 Å². The van der Waals surface area contributed by atoms with Crippen LogP contribution in [0.4, 0.5) is 10.5 Å². The molecule has 0 unspecified atom stereocenters. The molecule has 7 nitrogen and oxygen atoms in total. The maximum Gasteiger partial charge on any atom is 0.422 e. The summed E-state index contributed by atoms with van der Waals surface area (Å²) >= 11 is 0. The molecule has 1 aromatic heterocycles. The number of nitrogens with zero attached hydrogens (tertiary/aromatic N) is 3. The average Bonchev–Trinajstić information content (AvgIpc) is 3.12. The molecule has 0 radical (unpaired) electrons. The van der Waals surface area contributed by atoms with E-state index in [1.165, 1.54) is 0 Å². The Kier molecular flexibility index (Phi) is 3.80. The summed E-state index contributed by atoms with van der Waals surface area (Å²) in [4.78, 5) is 28.5. The highest BCUT2D eigenvalue weighted by molar-refractivity contribution is 6.20. The van der Waals surface area contributed by atoms with Crippen molar-refractivity contribution < 1.29 is 18.8 Å². The van der Waals surface area contributed by atoms with Crippen LogP contribution in [0, 0.1) is 6.92 Å². The topological polar surface area (TPSA) is 75.9 Å². The molecule has 130 valence electrons. The van der Waals surface area contributed by atoms with Gasteiger partial charge in [-0.05, 0) is 19.1 Å². The van der Waals surface area contributed by atoms with Gasteiger partial charge in [-0.3, -0.25) is 9.69 Å². The summed E-state index contributed by atoms with van der Waals surface area (Å²) in [6.07, 6.45) is 0.373. The van der Waals surface area contributed by atoms with Crippen LogP contribution in [0.15, 0.2) is 40.9 Å². The number of anilines is 1. The highest BCUT2D eigenvalue weighted by Crippen LogP contribution is 2.37. The van der Waals surface area contributed by atoms with Crippen molar-refractivity contribution in [2.24, 2.45) is 0 Å². The number of carbonyl (C=O) groups is 2. The first-order valence-electron chi connectivity index (χ1n) is 8.34. The van der Waals surface area contributed by atoms with Gasteiger partial charge in [-0.1, -0.05) is 23.4 Å². The van der Waals surface area contributed by atoms with Crippen LogP contribution in [0.5, 0.6) is 0 Å². The first kappa shape index (κ1) is 15.8. The molecule has 1 aromatic carbocycles. The van der Waals surface area contributed by atoms with Gasteiger partial charge in [0.2, 0.25) is 0 Å². The summed E-state index contributed by atoms with van der Waals surface area (Å²) in [7, 11) is 0. The second kappa shape index (κ2) is 6.00. The fourth-order valence-electron chi connectivity index (χ4n) is 3.44. The first-order chi connectivity index (χ1) is 12.1. The molecule has 2 amide bonds. The molecule has 2 aromatic rings. The van der Waals surface area contributed by atoms with Gasteiger partial charge in [0.1, 0.15) is 0 Å². The lowest BCUT2D eigenvalue weighted by molar-refractivity contribution is -0.134. The van der Waals surface area contributed by atoms with Crippen LogP contribution < -0.4 is 4.90 Å². The Morgan fingerprint density at radius 3 is 2.52 bits per heavy atom. The number of amides is 2. The predicted molar refractivity (Wildman–Crippen MR) is 88.9 cm³/mol. The Hall–Kier alpha value is -2.67. The number of ether oxygens (including phenoxy) is 1. The summed E-state index contributed by atoms with van der Waals surface area (Å²) < 4.78 is 10.8. The molecule has 3 heterocycles. The Balaban J connectivity index is 1.45. The van der Waals surface area contributed by atoms with Crippen molar-refractivity contribution in [1.82, 2.24) is 10.1 Å². The van der Waals surface area contributed by atoms with Gasteiger partial charge in [-0.15, -0.1) is 0 Å². The van der Waals surface area contributed by atoms with E-state index in [0.717, 1.165) is 16.4 Å². The second-order valence-electron chi connectivity index (χ2n) is 6.55. The largest absolute Gasteiger partial charge is 0.432 e. The van der Waals surface area contributed by atoms with Crippen molar-refractivity contribution in [2.75, 3.05) is 18.0 Å². The fourth-order valence-corrected chi connectivity index (χ4v) is 3.44. The Morgan fingerprint density at radius 1 is 1.16 bits per heavy atom. The molecular weight excluding hydrogens is 322 g/mol. The van der Waals surface area contributed by atoms with Gasteiger partial charge in [0.25, 0.3) is 5.91 Å². The van der Waals surface area contributed by atoms with Crippen molar-refractivity contribution in [3.63, 3.8) is 0 Å². The summed E-state index contributed by atoms with van der Waals surface area (Å²) in [6, 6.07) is 10.8. The predicted octanol–water partition coefficient (Wildman–Crippen LogP) is 2.50. The molecule has 25 heavy (non-hydrogen) atoms. The number of likely N-dealkylation sites (tertiary alicyclic amines) is 1. The van der Waals surface area contributed by atoms with Crippen molar-refractivity contribution in [3.05, 3.63) is 47.9 Å². The van der Waals surface area contributed by atoms with Crippen LogP contribution in [0.25, 0.3) is 0 Å². The molecule has 2 saturated heterocycles. The lowest BCUT2D eigenvalue weighted by Crippen LogP contribution is -2.49. The third-order valence-electron chi connectivity index (χ3n) is 4.79. The third kappa shape index (κ3) is 2.80. The highest BCUT2D eigenvalue weighted by atomic mass is 16.6. The number of rotatable bonds is 3. The SMILES string of the molecule is Cc1cc(CN2CCC3(CC2)OC(=O)N(c2ccccc2)C3=O)on1. The minimum atomic E-state index is -1.04. The smallest absolute Gasteiger partial charge is 0.422 e. The monoisotopic (exact) mass is 341 g/mol. The number of aryl methyl sites for hydroxylation is 1. The summed E-state index contributed by atoms with van der Waals surface area (Å²) in [5.74, 6) is 0.535. The molecule has 2 aliphatic heterocycles. The molecule has 0 bridgehead atoms. The number of piperidine rings is 1. The lowest BCUT2D eigenvalue weighted by Gasteiger charge is -2.35. The van der Waals surface area contributed by atoms with Gasteiger partial charge in [0.05, 0.1) is 17.9 Å². The number of para-hydroxylation sites is 1. The molecule has 2 aliphatic rings. The number of hydrogen-bond donors (Lipinski definition) is 0. The van der Waals surface area contributed by atoms with Crippen LogP contribution in [-0.4, -0.2) is 40.7 Å². The quantitative estimate of drug-likeness (QED) is 0.854. The van der Waals surface area contributed by atoms with E-state index in [1.807, 2.05) is 19.1 Å². The number of hydrogen-bond acceptors (Lipinski definition) is 6. The summed E-state index contributed by atoms with van der Waals surface area (Å²) in [6.45, 7) is 3.83. The van der Waals surface area contributed by atoms with Crippen LogP contribution in [0.2, 0.25) is 0 Å². The van der Waals surface area contributed by atoms with Gasteiger partial charge in [-0.25, -0.2) is 9.69 Å². The van der Waals surface area contributed by atoms with Crippen molar-refractivity contribution in [2.45, 2.75) is 31.9 Å². The molecule has 0 atom stereocenters. The zero-order valence-corrected chi connectivity index (χ0v) is 14.0. The van der Waals surface area contributed by atoms with Crippen molar-refractivity contribution in [3.8, 4) is 0 Å². The van der Waals surface area contributed by atoms with E-state index in [4.69, 9.17) is 9.26 Å². The van der Waals surface area contributed by atoms with Crippen LogP contribution >= 0.6 is 0 Å². The number of imide groups is 1. The summed E-state index contributed by atoms with van der Waals surface area (Å²) in [5.41, 5.74) is 0.358. The van der Waals surface area contributed by atoms with Crippen LogP contribution in [-0.2, 0) is 16.1 Å². The number of carbonyl (C=O) groups excluding carboxylic acids is 2. The zero-order valence-electron chi connectivity index (χ0n) is 14.0. The Bertz CT molecular complexity index is 794. The van der Waals surface area contributed by atoms with E-state index in [2.05, 4.69) is 10.1 Å². The Morgan fingerprint density at radius 2 is 1.88 bits per heavy atom. The van der Waals surface area contributed by atoms with Crippen LogP contribution in [0.3, 0.4) is 0 Å². The van der Waals surface area contributed by atoms with E-state index < -0.39 is 11.7 Å². The van der Waals surface area contributed by atoms with Gasteiger partial charge < -0.3 is 9.26 Å². The first-order valence-corrected chi connectivity index (χ1v) is 8.34. The molecule has 0 aliphatic carbocycles. The van der Waals surface area contributed by atoms with Crippen molar-refractivity contribution in [1.29, 1.82) is 0 Å². The molecule has 4 rings (SSSR count). The average molecular weight is 341 g/mol. The highest BCUT2D eigenvalue weighted by Gasteiger charge is 2.55. The van der Waals surface area contributed by atoms with E-state index >= 15 is 0 Å². The maximum atomic E-state index is 12.9. The fraction of sp³-hybridized carbons (Fsp3) is 0.389. The van der Waals surface area contributed by atoms with Crippen molar-refractivity contribution >= 4 is 17.7 Å². The standard InChI is InChI=1S/C18H19N3O4/c1-13-11-15(25-19-13)12-20-9-7-18(8-10-20)16(22)21(17(23)24-18)14-5-3-2-4-6-14/h2-6,11H,7-10,12H2,1H3. The maximum absolute atomic E-state index is 12.9. The van der Waals surface area contributed by atoms with Crippen LogP contribution in [0.1, 0.15) is 24.3 Å².